The molecule has 86 valence electrons. The summed E-state index contributed by atoms with van der Waals surface area (Å²) in [5, 5.41) is 4.84. The van der Waals surface area contributed by atoms with Crippen LogP contribution in [0.25, 0.3) is 10.9 Å². The first-order chi connectivity index (χ1) is 7.86. The molecule has 1 N–H and O–H groups in total. The molecule has 2 nitrogen and oxygen atoms in total. The summed E-state index contributed by atoms with van der Waals surface area (Å²) in [6.45, 7) is 7.47. The minimum atomic E-state index is 0.971. The number of nitrogens with zero attached hydrogens (tertiary/aromatic N) is 1. The standard InChI is InChI=1S/C14H20N2/c1-3-9-15-11-12-6-5-7-14-13(12)8-10-16(14)4-2/h5-8,10,15H,3-4,9,11H2,1-2H3. The zero-order valence-corrected chi connectivity index (χ0v) is 10.2. The molecule has 0 amide bonds. The van der Waals surface area contributed by atoms with Crippen LogP contribution in [0, 0.1) is 0 Å². The summed E-state index contributed by atoms with van der Waals surface area (Å²) >= 11 is 0. The highest BCUT2D eigenvalue weighted by atomic mass is 14.9. The van der Waals surface area contributed by atoms with E-state index >= 15 is 0 Å². The Bertz CT molecular complexity index is 457. The number of aryl methyl sites for hydroxylation is 1. The Balaban J connectivity index is 2.28. The molecular weight excluding hydrogens is 196 g/mol. The van der Waals surface area contributed by atoms with Gasteiger partial charge in [0.25, 0.3) is 0 Å². The van der Waals surface area contributed by atoms with E-state index in [9.17, 15) is 0 Å². The smallest absolute Gasteiger partial charge is 0.0483 e. The highest BCUT2D eigenvalue weighted by Crippen LogP contribution is 2.20. The van der Waals surface area contributed by atoms with Gasteiger partial charge in [-0.3, -0.25) is 0 Å². The Labute approximate surface area is 97.3 Å². The fraction of sp³-hybridized carbons (Fsp3) is 0.429. The second kappa shape index (κ2) is 5.17. The van der Waals surface area contributed by atoms with Crippen LogP contribution in [0.4, 0.5) is 0 Å². The second-order valence-electron chi connectivity index (χ2n) is 4.13. The van der Waals surface area contributed by atoms with Crippen LogP contribution in [0.5, 0.6) is 0 Å². The van der Waals surface area contributed by atoms with Gasteiger partial charge in [0.15, 0.2) is 0 Å². The van der Waals surface area contributed by atoms with Crippen molar-refractivity contribution in [1.29, 1.82) is 0 Å². The van der Waals surface area contributed by atoms with E-state index < -0.39 is 0 Å². The highest BCUT2D eigenvalue weighted by Gasteiger charge is 2.03. The maximum Gasteiger partial charge on any atom is 0.0483 e. The van der Waals surface area contributed by atoms with Gasteiger partial charge in [-0.2, -0.15) is 0 Å². The van der Waals surface area contributed by atoms with Gasteiger partial charge < -0.3 is 9.88 Å². The Kier molecular flexibility index (Phi) is 3.62. The summed E-state index contributed by atoms with van der Waals surface area (Å²) in [4.78, 5) is 0. The van der Waals surface area contributed by atoms with E-state index in [2.05, 4.69) is 54.2 Å². The number of aromatic nitrogens is 1. The molecule has 0 radical (unpaired) electrons. The Morgan fingerprint density at radius 3 is 2.81 bits per heavy atom. The molecule has 16 heavy (non-hydrogen) atoms. The second-order valence-corrected chi connectivity index (χ2v) is 4.13. The third-order valence-electron chi connectivity index (χ3n) is 2.99. The third-order valence-corrected chi connectivity index (χ3v) is 2.99. The van der Waals surface area contributed by atoms with Crippen LogP contribution < -0.4 is 5.32 Å². The number of hydrogen-bond donors (Lipinski definition) is 1. The van der Waals surface area contributed by atoms with Crippen molar-refractivity contribution in [2.45, 2.75) is 33.4 Å². The largest absolute Gasteiger partial charge is 0.348 e. The van der Waals surface area contributed by atoms with Crippen LogP contribution in [0.3, 0.4) is 0 Å². The molecule has 0 saturated heterocycles. The van der Waals surface area contributed by atoms with Crippen molar-refractivity contribution in [3.63, 3.8) is 0 Å². The molecule has 1 aromatic carbocycles. The maximum absolute atomic E-state index is 3.46. The molecule has 0 atom stereocenters. The summed E-state index contributed by atoms with van der Waals surface area (Å²) in [6, 6.07) is 8.78. The lowest BCUT2D eigenvalue weighted by atomic mass is 10.1. The van der Waals surface area contributed by atoms with Crippen LogP contribution >= 0.6 is 0 Å². The number of nitrogens with one attached hydrogen (secondary N) is 1. The number of hydrogen-bond acceptors (Lipinski definition) is 1. The molecule has 0 aliphatic heterocycles. The highest BCUT2D eigenvalue weighted by molar-refractivity contribution is 5.83. The van der Waals surface area contributed by atoms with E-state index in [-0.39, 0.29) is 0 Å². The molecule has 2 heteroatoms. The van der Waals surface area contributed by atoms with Gasteiger partial charge in [-0.15, -0.1) is 0 Å². The molecule has 1 aromatic heterocycles. The summed E-state index contributed by atoms with van der Waals surface area (Å²) < 4.78 is 2.29. The molecule has 2 rings (SSSR count). The molecule has 0 aliphatic rings. The molecule has 0 unspecified atom stereocenters. The fourth-order valence-corrected chi connectivity index (χ4v) is 2.12. The minimum Gasteiger partial charge on any atom is -0.348 e. The summed E-state index contributed by atoms with van der Waals surface area (Å²) in [5.41, 5.74) is 2.75. The molecule has 0 spiro atoms. The molecule has 0 saturated carbocycles. The van der Waals surface area contributed by atoms with Crippen molar-refractivity contribution in [2.24, 2.45) is 0 Å². The van der Waals surface area contributed by atoms with E-state index in [4.69, 9.17) is 0 Å². The average molecular weight is 216 g/mol. The number of benzene rings is 1. The average Bonchev–Trinajstić information content (AvgIpc) is 2.73. The van der Waals surface area contributed by atoms with Gasteiger partial charge in [-0.05, 0) is 37.6 Å². The first-order valence-electron chi connectivity index (χ1n) is 6.14. The number of fused-ring (bicyclic) bond motifs is 1. The van der Waals surface area contributed by atoms with Crippen LogP contribution in [0.2, 0.25) is 0 Å². The molecule has 2 aromatic rings. The third kappa shape index (κ3) is 2.12. The van der Waals surface area contributed by atoms with Crippen molar-refractivity contribution in [3.8, 4) is 0 Å². The first-order valence-corrected chi connectivity index (χ1v) is 6.14. The summed E-state index contributed by atoms with van der Waals surface area (Å²) in [6.07, 6.45) is 3.36. The summed E-state index contributed by atoms with van der Waals surface area (Å²) in [7, 11) is 0. The van der Waals surface area contributed by atoms with Crippen molar-refractivity contribution >= 4 is 10.9 Å². The van der Waals surface area contributed by atoms with E-state index in [1.165, 1.54) is 22.9 Å². The van der Waals surface area contributed by atoms with E-state index in [0.29, 0.717) is 0 Å². The van der Waals surface area contributed by atoms with Gasteiger partial charge in [0.05, 0.1) is 0 Å². The SMILES string of the molecule is CCCNCc1cccc2c1ccn2CC. The zero-order valence-electron chi connectivity index (χ0n) is 10.2. The van der Waals surface area contributed by atoms with Gasteiger partial charge >= 0.3 is 0 Å². The summed E-state index contributed by atoms with van der Waals surface area (Å²) in [5.74, 6) is 0. The quantitative estimate of drug-likeness (QED) is 0.760. The van der Waals surface area contributed by atoms with Crippen molar-refractivity contribution in [2.75, 3.05) is 6.54 Å². The Morgan fingerprint density at radius 1 is 1.19 bits per heavy atom. The van der Waals surface area contributed by atoms with Gasteiger partial charge in [0, 0.05) is 30.2 Å². The van der Waals surface area contributed by atoms with Gasteiger partial charge in [-0.1, -0.05) is 19.1 Å². The van der Waals surface area contributed by atoms with Gasteiger partial charge in [0.2, 0.25) is 0 Å². The molecule has 0 bridgehead atoms. The monoisotopic (exact) mass is 216 g/mol. The van der Waals surface area contributed by atoms with Crippen LogP contribution in [-0.2, 0) is 13.1 Å². The Hall–Kier alpha value is -1.28. The lowest BCUT2D eigenvalue weighted by Gasteiger charge is -2.06. The lowest BCUT2D eigenvalue weighted by Crippen LogP contribution is -2.13. The van der Waals surface area contributed by atoms with Gasteiger partial charge in [-0.25, -0.2) is 0 Å². The normalized spacial score (nSPS) is 11.1. The van der Waals surface area contributed by atoms with Gasteiger partial charge in [0.1, 0.15) is 0 Å². The Morgan fingerprint density at radius 2 is 2.06 bits per heavy atom. The van der Waals surface area contributed by atoms with Crippen LogP contribution in [-0.4, -0.2) is 11.1 Å². The van der Waals surface area contributed by atoms with E-state index in [1.54, 1.807) is 0 Å². The van der Waals surface area contributed by atoms with Crippen molar-refractivity contribution < 1.29 is 0 Å². The topological polar surface area (TPSA) is 17.0 Å². The minimum absolute atomic E-state index is 0.971. The predicted molar refractivity (Wildman–Crippen MR) is 69.6 cm³/mol. The molecule has 1 heterocycles. The molecule has 0 aliphatic carbocycles. The molecule has 0 fully saturated rings. The maximum atomic E-state index is 3.46. The van der Waals surface area contributed by atoms with E-state index in [1.807, 2.05) is 0 Å². The van der Waals surface area contributed by atoms with E-state index in [0.717, 1.165) is 19.6 Å². The lowest BCUT2D eigenvalue weighted by molar-refractivity contribution is 0.678. The van der Waals surface area contributed by atoms with Crippen LogP contribution in [0.1, 0.15) is 25.8 Å². The predicted octanol–water partition coefficient (Wildman–Crippen LogP) is 3.16. The van der Waals surface area contributed by atoms with Crippen molar-refractivity contribution in [1.82, 2.24) is 9.88 Å². The number of rotatable bonds is 5. The van der Waals surface area contributed by atoms with Crippen molar-refractivity contribution in [3.05, 3.63) is 36.0 Å². The fourth-order valence-electron chi connectivity index (χ4n) is 2.12. The van der Waals surface area contributed by atoms with Crippen LogP contribution in [0.15, 0.2) is 30.5 Å². The zero-order chi connectivity index (χ0) is 11.4. The molecular formula is C14H20N2. The first kappa shape index (κ1) is 11.2.